The Morgan fingerprint density at radius 3 is 1.54 bits per heavy atom. The van der Waals surface area contributed by atoms with E-state index in [4.69, 9.17) is 14.4 Å². The molecule has 0 saturated heterocycles. The van der Waals surface area contributed by atoms with E-state index in [1.54, 1.807) is 0 Å². The summed E-state index contributed by atoms with van der Waals surface area (Å²) in [6, 6.07) is 69.5. The average molecular weight is 692 g/mol. The maximum absolute atomic E-state index is 6.81. The lowest BCUT2D eigenvalue weighted by Gasteiger charge is -2.26. The minimum atomic E-state index is 0.663. The highest BCUT2D eigenvalue weighted by molar-refractivity contribution is 6.22. The molecule has 0 aliphatic rings. The maximum Gasteiger partial charge on any atom is 0.161 e. The Bertz CT molecular complexity index is 2850. The second-order valence-electron chi connectivity index (χ2n) is 13.4. The number of nitrogens with zero attached hydrogens (tertiary/aromatic N) is 3. The molecule has 0 fully saturated rings. The number of hydrogen-bond donors (Lipinski definition) is 0. The summed E-state index contributed by atoms with van der Waals surface area (Å²) in [4.78, 5) is 12.8. The van der Waals surface area contributed by atoms with Gasteiger partial charge < -0.3 is 9.32 Å². The van der Waals surface area contributed by atoms with E-state index >= 15 is 0 Å². The third-order valence-corrected chi connectivity index (χ3v) is 10.1. The minimum absolute atomic E-state index is 0.663. The van der Waals surface area contributed by atoms with E-state index in [1.165, 1.54) is 11.1 Å². The Labute approximate surface area is 313 Å². The van der Waals surface area contributed by atoms with Crippen molar-refractivity contribution in [2.24, 2.45) is 0 Å². The first-order valence-electron chi connectivity index (χ1n) is 18.2. The number of hydrogen-bond acceptors (Lipinski definition) is 4. The summed E-state index contributed by atoms with van der Waals surface area (Å²) < 4.78 is 6.81. The van der Waals surface area contributed by atoms with E-state index in [2.05, 4.69) is 163 Å². The summed E-state index contributed by atoms with van der Waals surface area (Å²) in [5.74, 6) is 0.663. The molecule has 0 aliphatic carbocycles. The van der Waals surface area contributed by atoms with Gasteiger partial charge in [0.05, 0.1) is 22.5 Å². The molecule has 10 rings (SSSR count). The van der Waals surface area contributed by atoms with E-state index in [1.807, 2.05) is 42.5 Å². The van der Waals surface area contributed by atoms with Gasteiger partial charge in [-0.2, -0.15) is 0 Å². The molecule has 0 atom stereocenters. The molecule has 0 bridgehead atoms. The largest absolute Gasteiger partial charge is 0.455 e. The van der Waals surface area contributed by atoms with Crippen molar-refractivity contribution in [3.8, 4) is 45.0 Å². The van der Waals surface area contributed by atoms with Crippen molar-refractivity contribution in [2.75, 3.05) is 4.90 Å². The average Bonchev–Trinajstić information content (AvgIpc) is 3.65. The van der Waals surface area contributed by atoms with Crippen LogP contribution < -0.4 is 4.90 Å². The first-order chi connectivity index (χ1) is 26.8. The van der Waals surface area contributed by atoms with E-state index in [9.17, 15) is 0 Å². The summed E-state index contributed by atoms with van der Waals surface area (Å²) >= 11 is 0. The van der Waals surface area contributed by atoms with Crippen LogP contribution in [-0.2, 0) is 0 Å². The van der Waals surface area contributed by atoms with Crippen LogP contribution in [0.3, 0.4) is 0 Å². The quantitative estimate of drug-likeness (QED) is 0.167. The van der Waals surface area contributed by atoms with Crippen LogP contribution >= 0.6 is 0 Å². The molecule has 0 saturated carbocycles. The Balaban J connectivity index is 1.22. The predicted molar refractivity (Wildman–Crippen MR) is 223 cm³/mol. The third kappa shape index (κ3) is 5.58. The maximum atomic E-state index is 6.81. The van der Waals surface area contributed by atoms with Crippen LogP contribution in [0.2, 0.25) is 0 Å². The number of benzene rings is 8. The van der Waals surface area contributed by atoms with Crippen LogP contribution in [0.25, 0.3) is 77.7 Å². The Morgan fingerprint density at radius 1 is 0.389 bits per heavy atom. The van der Waals surface area contributed by atoms with E-state index in [0.717, 1.165) is 77.9 Å². The lowest BCUT2D eigenvalue weighted by Crippen LogP contribution is -2.10. The molecular formula is C50H33N3O. The summed E-state index contributed by atoms with van der Waals surface area (Å²) in [6.45, 7) is 0. The van der Waals surface area contributed by atoms with Crippen molar-refractivity contribution in [1.82, 2.24) is 9.97 Å². The minimum Gasteiger partial charge on any atom is -0.455 e. The van der Waals surface area contributed by atoms with E-state index < -0.39 is 0 Å². The van der Waals surface area contributed by atoms with Crippen molar-refractivity contribution < 1.29 is 4.42 Å². The molecule has 2 aromatic heterocycles. The van der Waals surface area contributed by atoms with Crippen molar-refractivity contribution >= 4 is 49.8 Å². The van der Waals surface area contributed by atoms with Crippen molar-refractivity contribution in [1.29, 1.82) is 0 Å². The van der Waals surface area contributed by atoms with Crippen LogP contribution in [0.4, 0.5) is 17.1 Å². The van der Waals surface area contributed by atoms with Crippen LogP contribution in [0.15, 0.2) is 205 Å². The zero-order valence-electron chi connectivity index (χ0n) is 29.3. The molecule has 0 unspecified atom stereocenters. The molecule has 254 valence electrons. The normalized spacial score (nSPS) is 11.3. The van der Waals surface area contributed by atoms with Crippen LogP contribution in [-0.4, -0.2) is 9.97 Å². The van der Waals surface area contributed by atoms with Gasteiger partial charge in [-0.1, -0.05) is 152 Å². The number of para-hydroxylation sites is 1. The lowest BCUT2D eigenvalue weighted by molar-refractivity contribution is 0.672. The molecule has 0 amide bonds. The summed E-state index contributed by atoms with van der Waals surface area (Å²) in [5.41, 5.74) is 11.9. The van der Waals surface area contributed by atoms with Gasteiger partial charge in [0.2, 0.25) is 0 Å². The smallest absolute Gasteiger partial charge is 0.161 e. The summed E-state index contributed by atoms with van der Waals surface area (Å²) in [5, 5.41) is 4.08. The van der Waals surface area contributed by atoms with Gasteiger partial charge in [-0.3, -0.25) is 0 Å². The Kier molecular flexibility index (Phi) is 7.77. The lowest BCUT2D eigenvalue weighted by atomic mass is 9.98. The van der Waals surface area contributed by atoms with Crippen molar-refractivity contribution in [3.63, 3.8) is 0 Å². The fourth-order valence-electron chi connectivity index (χ4n) is 7.52. The number of fused-ring (bicyclic) bond motifs is 5. The summed E-state index contributed by atoms with van der Waals surface area (Å²) in [7, 11) is 0. The van der Waals surface area contributed by atoms with Gasteiger partial charge >= 0.3 is 0 Å². The number of furan rings is 1. The zero-order chi connectivity index (χ0) is 35.8. The second-order valence-corrected chi connectivity index (χ2v) is 13.4. The summed E-state index contributed by atoms with van der Waals surface area (Å²) in [6.07, 6.45) is 0. The molecule has 8 aromatic carbocycles. The van der Waals surface area contributed by atoms with Crippen LogP contribution in [0, 0.1) is 0 Å². The van der Waals surface area contributed by atoms with Gasteiger partial charge in [0.1, 0.15) is 11.2 Å². The molecule has 2 heterocycles. The Hall–Kier alpha value is -7.30. The number of aromatic nitrogens is 2. The van der Waals surface area contributed by atoms with Gasteiger partial charge in [-0.15, -0.1) is 0 Å². The van der Waals surface area contributed by atoms with E-state index in [-0.39, 0.29) is 0 Å². The van der Waals surface area contributed by atoms with Crippen molar-refractivity contribution in [3.05, 3.63) is 200 Å². The first kappa shape index (κ1) is 31.4. The third-order valence-electron chi connectivity index (χ3n) is 10.1. The number of anilines is 3. The molecule has 0 N–H and O–H groups in total. The molecule has 0 aliphatic heterocycles. The van der Waals surface area contributed by atoms with E-state index in [0.29, 0.717) is 5.82 Å². The molecule has 4 nitrogen and oxygen atoms in total. The molecule has 4 heteroatoms. The fraction of sp³-hybridized carbons (Fsp3) is 0. The zero-order valence-corrected chi connectivity index (χ0v) is 29.3. The topological polar surface area (TPSA) is 42.2 Å². The second kappa shape index (κ2) is 13.4. The fourth-order valence-corrected chi connectivity index (χ4v) is 7.52. The van der Waals surface area contributed by atoms with Gasteiger partial charge in [-0.05, 0) is 65.0 Å². The first-order valence-corrected chi connectivity index (χ1v) is 18.2. The van der Waals surface area contributed by atoms with Gasteiger partial charge in [0.25, 0.3) is 0 Å². The van der Waals surface area contributed by atoms with Crippen molar-refractivity contribution in [2.45, 2.75) is 0 Å². The monoisotopic (exact) mass is 691 g/mol. The molecular weight excluding hydrogens is 659 g/mol. The van der Waals surface area contributed by atoms with Gasteiger partial charge in [-0.25, -0.2) is 9.97 Å². The SMILES string of the molecule is c1ccc(-c2ccc(N(c3ccccc3)c3cccc4oc5c6ccccc6c(-c6nc(-c7ccccc7)cc(-c7ccccc7)n6)cc5c34)cc2)cc1. The number of rotatable bonds is 7. The van der Waals surface area contributed by atoms with Crippen LogP contribution in [0.1, 0.15) is 0 Å². The molecule has 10 aromatic rings. The predicted octanol–water partition coefficient (Wildman–Crippen LogP) is 13.7. The standard InChI is InChI=1S/C50H33N3O/c1-5-16-34(17-6-1)35-28-30-39(31-29-35)53(38-22-11-4-12-23-38)46-26-15-27-47-48(46)43-32-42(40-24-13-14-25-41(40)49(43)54-47)50-51-44(36-18-7-2-8-19-36)33-45(52-50)37-20-9-3-10-21-37/h1-33H. The molecule has 0 radical (unpaired) electrons. The molecule has 0 spiro atoms. The highest BCUT2D eigenvalue weighted by Gasteiger charge is 2.23. The van der Waals surface area contributed by atoms with Gasteiger partial charge in [0, 0.05) is 38.8 Å². The highest BCUT2D eigenvalue weighted by Crippen LogP contribution is 2.46. The van der Waals surface area contributed by atoms with Gasteiger partial charge in [0.15, 0.2) is 5.82 Å². The Morgan fingerprint density at radius 2 is 0.907 bits per heavy atom. The van der Waals surface area contributed by atoms with Crippen LogP contribution in [0.5, 0.6) is 0 Å². The molecule has 54 heavy (non-hydrogen) atoms. The highest BCUT2D eigenvalue weighted by atomic mass is 16.3.